The molecule has 0 aromatic heterocycles. The zero-order chi connectivity index (χ0) is 12.7. The summed E-state index contributed by atoms with van der Waals surface area (Å²) in [6, 6.07) is 7.75. The van der Waals surface area contributed by atoms with Crippen LogP contribution in [0.1, 0.15) is 13.8 Å². The topological polar surface area (TPSA) is 50.7 Å². The van der Waals surface area contributed by atoms with E-state index >= 15 is 0 Å². The lowest BCUT2D eigenvalue weighted by atomic mass is 10.3. The number of halogens is 1. The molecule has 1 rings (SSSR count). The molecule has 0 bridgehead atoms. The number of nitrogens with one attached hydrogen (secondary N) is 1. The summed E-state index contributed by atoms with van der Waals surface area (Å²) in [5.41, 5.74) is 0. The van der Waals surface area contributed by atoms with Crippen molar-refractivity contribution in [3.63, 3.8) is 0 Å². The van der Waals surface area contributed by atoms with E-state index in [0.29, 0.717) is 24.1 Å². The molecule has 0 aliphatic rings. The van der Waals surface area contributed by atoms with E-state index in [4.69, 9.17) is 9.47 Å². The smallest absolute Gasteiger partial charge is 0.161 e. The van der Waals surface area contributed by atoms with E-state index in [2.05, 4.69) is 5.32 Å². The molecule has 0 radical (unpaired) electrons. The molecule has 2 N–H and O–H groups in total. The average Bonchev–Trinajstić information content (AvgIpc) is 2.34. The molecule has 1 aromatic carbocycles. The van der Waals surface area contributed by atoms with Gasteiger partial charge in [0.05, 0.1) is 7.11 Å². The van der Waals surface area contributed by atoms with Crippen molar-refractivity contribution in [3.05, 3.63) is 24.3 Å². The van der Waals surface area contributed by atoms with Crippen molar-refractivity contribution < 1.29 is 14.6 Å². The van der Waals surface area contributed by atoms with Gasteiger partial charge >= 0.3 is 0 Å². The van der Waals surface area contributed by atoms with Crippen molar-refractivity contribution in [1.29, 1.82) is 0 Å². The largest absolute Gasteiger partial charge is 0.493 e. The maximum Gasteiger partial charge on any atom is 0.161 e. The van der Waals surface area contributed by atoms with Crippen molar-refractivity contribution in [2.24, 2.45) is 0 Å². The number of hydrogen-bond donors (Lipinski definition) is 2. The predicted molar refractivity (Wildman–Crippen MR) is 74.9 cm³/mol. The summed E-state index contributed by atoms with van der Waals surface area (Å²) in [6.07, 6.45) is -0.526. The fourth-order valence-corrected chi connectivity index (χ4v) is 1.35. The monoisotopic (exact) mass is 275 g/mol. The van der Waals surface area contributed by atoms with Crippen LogP contribution in [-0.4, -0.2) is 37.5 Å². The Morgan fingerprint density at radius 3 is 2.39 bits per heavy atom. The quantitative estimate of drug-likeness (QED) is 0.797. The van der Waals surface area contributed by atoms with Crippen LogP contribution in [0, 0.1) is 0 Å². The van der Waals surface area contributed by atoms with Gasteiger partial charge in [0.25, 0.3) is 0 Å². The first kappa shape index (κ1) is 17.0. The molecule has 5 heteroatoms. The van der Waals surface area contributed by atoms with Crippen molar-refractivity contribution >= 4 is 12.4 Å². The number of benzene rings is 1. The summed E-state index contributed by atoms with van der Waals surface area (Å²) in [5, 5.41) is 12.8. The lowest BCUT2D eigenvalue weighted by Gasteiger charge is -2.16. The van der Waals surface area contributed by atoms with Crippen molar-refractivity contribution in [2.45, 2.75) is 26.0 Å². The van der Waals surface area contributed by atoms with Crippen LogP contribution in [0.2, 0.25) is 0 Å². The van der Waals surface area contributed by atoms with E-state index in [9.17, 15) is 5.11 Å². The third-order valence-electron chi connectivity index (χ3n) is 2.26. The van der Waals surface area contributed by atoms with Crippen LogP contribution in [0.25, 0.3) is 0 Å². The molecule has 18 heavy (non-hydrogen) atoms. The van der Waals surface area contributed by atoms with Crippen LogP contribution < -0.4 is 14.8 Å². The second kappa shape index (κ2) is 9.03. The lowest BCUT2D eigenvalue weighted by Crippen LogP contribution is -2.35. The highest BCUT2D eigenvalue weighted by Crippen LogP contribution is 2.25. The molecular formula is C13H22ClNO3. The van der Waals surface area contributed by atoms with Gasteiger partial charge in [-0.25, -0.2) is 0 Å². The Morgan fingerprint density at radius 2 is 1.83 bits per heavy atom. The van der Waals surface area contributed by atoms with Crippen LogP contribution in [-0.2, 0) is 0 Å². The van der Waals surface area contributed by atoms with Gasteiger partial charge in [-0.15, -0.1) is 12.4 Å². The summed E-state index contributed by atoms with van der Waals surface area (Å²) in [4.78, 5) is 0. The van der Waals surface area contributed by atoms with Crippen molar-refractivity contribution in [2.75, 3.05) is 20.3 Å². The minimum atomic E-state index is -0.526. The third kappa shape index (κ3) is 6.10. The maximum atomic E-state index is 9.69. The van der Waals surface area contributed by atoms with Crippen LogP contribution >= 0.6 is 12.4 Å². The fraction of sp³-hybridized carbons (Fsp3) is 0.538. The Kier molecular flexibility index (Phi) is 8.54. The normalized spacial score (nSPS) is 11.8. The Morgan fingerprint density at radius 1 is 1.22 bits per heavy atom. The van der Waals surface area contributed by atoms with Crippen LogP contribution in [0.4, 0.5) is 0 Å². The highest BCUT2D eigenvalue weighted by atomic mass is 35.5. The second-order valence-corrected chi connectivity index (χ2v) is 4.18. The molecule has 0 saturated carbocycles. The Bertz CT molecular complexity index is 334. The van der Waals surface area contributed by atoms with Gasteiger partial charge in [-0.1, -0.05) is 26.0 Å². The van der Waals surface area contributed by atoms with Crippen molar-refractivity contribution in [3.8, 4) is 11.5 Å². The molecule has 0 amide bonds. The summed E-state index contributed by atoms with van der Waals surface area (Å²) >= 11 is 0. The molecule has 0 fully saturated rings. The zero-order valence-corrected chi connectivity index (χ0v) is 11.9. The number of aliphatic hydroxyl groups is 1. The number of rotatable bonds is 7. The first-order valence-corrected chi connectivity index (χ1v) is 5.80. The minimum absolute atomic E-state index is 0. The van der Waals surface area contributed by atoms with Crippen LogP contribution in [0.5, 0.6) is 11.5 Å². The van der Waals surface area contributed by atoms with Gasteiger partial charge in [-0.2, -0.15) is 0 Å². The molecule has 104 valence electrons. The van der Waals surface area contributed by atoms with Crippen molar-refractivity contribution in [1.82, 2.24) is 5.32 Å². The van der Waals surface area contributed by atoms with Gasteiger partial charge in [0.15, 0.2) is 11.5 Å². The van der Waals surface area contributed by atoms with Gasteiger partial charge < -0.3 is 19.9 Å². The molecule has 0 spiro atoms. The Labute approximate surface area is 115 Å². The molecule has 0 saturated heterocycles. The highest BCUT2D eigenvalue weighted by Gasteiger charge is 2.08. The molecule has 0 unspecified atom stereocenters. The number of aliphatic hydroxyl groups excluding tert-OH is 1. The average molecular weight is 276 g/mol. The molecule has 0 aliphatic heterocycles. The highest BCUT2D eigenvalue weighted by molar-refractivity contribution is 5.85. The van der Waals surface area contributed by atoms with E-state index < -0.39 is 6.10 Å². The predicted octanol–water partition coefficient (Wildman–Crippen LogP) is 1.85. The minimum Gasteiger partial charge on any atom is -0.493 e. The van der Waals surface area contributed by atoms with E-state index in [1.807, 2.05) is 38.1 Å². The standard InChI is InChI=1S/C13H21NO3.ClH/c1-10(2)14-8-11(15)9-17-13-7-5-4-6-12(13)16-3;/h4-7,10-11,14-15H,8-9H2,1-3H3;1H/t11-;/m0./s1. The van der Waals surface area contributed by atoms with E-state index in [0.717, 1.165) is 0 Å². The number of methoxy groups -OCH3 is 1. The van der Waals surface area contributed by atoms with Gasteiger partial charge in [-0.05, 0) is 12.1 Å². The molecule has 4 nitrogen and oxygen atoms in total. The van der Waals surface area contributed by atoms with Gasteiger partial charge in [0.1, 0.15) is 12.7 Å². The molecule has 1 aromatic rings. The molecular weight excluding hydrogens is 254 g/mol. The van der Waals surface area contributed by atoms with E-state index in [-0.39, 0.29) is 19.0 Å². The molecule has 0 heterocycles. The van der Waals surface area contributed by atoms with Gasteiger partial charge in [-0.3, -0.25) is 0 Å². The van der Waals surface area contributed by atoms with E-state index in [1.54, 1.807) is 7.11 Å². The molecule has 1 atom stereocenters. The second-order valence-electron chi connectivity index (χ2n) is 4.18. The lowest BCUT2D eigenvalue weighted by molar-refractivity contribution is 0.103. The Balaban J connectivity index is 0.00000289. The SMILES string of the molecule is COc1ccccc1OC[C@@H](O)CNC(C)C.Cl. The summed E-state index contributed by atoms with van der Waals surface area (Å²) in [6.45, 7) is 4.84. The van der Waals surface area contributed by atoms with Crippen LogP contribution in [0.15, 0.2) is 24.3 Å². The third-order valence-corrected chi connectivity index (χ3v) is 2.26. The fourth-order valence-electron chi connectivity index (χ4n) is 1.35. The number of para-hydroxylation sites is 2. The van der Waals surface area contributed by atoms with Gasteiger partial charge in [0.2, 0.25) is 0 Å². The Hall–Kier alpha value is -0.970. The first-order chi connectivity index (χ1) is 8.13. The number of ether oxygens (including phenoxy) is 2. The molecule has 0 aliphatic carbocycles. The van der Waals surface area contributed by atoms with Gasteiger partial charge in [0, 0.05) is 12.6 Å². The maximum absolute atomic E-state index is 9.69. The van der Waals surface area contributed by atoms with Crippen LogP contribution in [0.3, 0.4) is 0 Å². The summed E-state index contributed by atoms with van der Waals surface area (Å²) in [7, 11) is 1.60. The summed E-state index contributed by atoms with van der Waals surface area (Å²) in [5.74, 6) is 1.33. The summed E-state index contributed by atoms with van der Waals surface area (Å²) < 4.78 is 10.7. The zero-order valence-electron chi connectivity index (χ0n) is 11.1. The van der Waals surface area contributed by atoms with E-state index in [1.165, 1.54) is 0 Å². The number of hydrogen-bond acceptors (Lipinski definition) is 4. The first-order valence-electron chi connectivity index (χ1n) is 5.80.